The molecule has 3 rings (SSSR count). The molecular formula is C27H28N4O5. The van der Waals surface area contributed by atoms with Crippen LogP contribution in [-0.2, 0) is 22.7 Å². The van der Waals surface area contributed by atoms with Gasteiger partial charge in [-0.3, -0.25) is 4.79 Å². The molecule has 1 aromatic heterocycles. The number of carbonyl (C=O) groups excluding carboxylic acids is 1. The first-order valence-corrected chi connectivity index (χ1v) is 11.3. The molecule has 0 aliphatic rings. The van der Waals surface area contributed by atoms with Gasteiger partial charge < -0.3 is 18.9 Å². The molecule has 9 nitrogen and oxygen atoms in total. The second-order valence-electron chi connectivity index (χ2n) is 7.64. The van der Waals surface area contributed by atoms with Gasteiger partial charge in [0.05, 0.1) is 19.4 Å². The van der Waals surface area contributed by atoms with Gasteiger partial charge in [0.2, 0.25) is 5.88 Å². The molecule has 0 aliphatic carbocycles. The van der Waals surface area contributed by atoms with Crippen LogP contribution >= 0.6 is 0 Å². The van der Waals surface area contributed by atoms with Crippen molar-refractivity contribution in [1.29, 1.82) is 5.26 Å². The second-order valence-corrected chi connectivity index (χ2v) is 7.64. The van der Waals surface area contributed by atoms with Gasteiger partial charge >= 0.3 is 0 Å². The van der Waals surface area contributed by atoms with E-state index in [-0.39, 0.29) is 24.7 Å². The summed E-state index contributed by atoms with van der Waals surface area (Å²) in [4.78, 5) is 16.4. The first-order chi connectivity index (χ1) is 17.5. The third kappa shape index (κ3) is 7.55. The standard InChI is InChI=1S/C27H28N4O5/c1-4-34-25-13-21(10-11-24(25)35-16-20-8-6-5-7-9-20)15-29-31-26(32)18-36-27-23(14-28)22(17-33-3)12-19(2)30-27/h5-13,15H,4,16-18H2,1-3H3,(H,31,32)/b29-15-. The highest BCUT2D eigenvalue weighted by atomic mass is 16.5. The number of hydrogen-bond acceptors (Lipinski definition) is 8. The van der Waals surface area contributed by atoms with Crippen molar-refractivity contribution in [2.75, 3.05) is 20.3 Å². The summed E-state index contributed by atoms with van der Waals surface area (Å²) in [5.74, 6) is 0.770. The van der Waals surface area contributed by atoms with Crippen molar-refractivity contribution < 1.29 is 23.7 Å². The summed E-state index contributed by atoms with van der Waals surface area (Å²) in [5.41, 5.74) is 5.69. The van der Waals surface area contributed by atoms with E-state index in [4.69, 9.17) is 18.9 Å². The normalized spacial score (nSPS) is 10.6. The van der Waals surface area contributed by atoms with Crippen molar-refractivity contribution in [1.82, 2.24) is 10.4 Å². The third-order valence-electron chi connectivity index (χ3n) is 4.86. The Kier molecular flexibility index (Phi) is 9.79. The molecular weight excluding hydrogens is 460 g/mol. The van der Waals surface area contributed by atoms with E-state index < -0.39 is 5.91 Å². The van der Waals surface area contributed by atoms with Crippen molar-refractivity contribution in [3.05, 3.63) is 82.5 Å². The Morgan fingerprint density at radius 3 is 2.61 bits per heavy atom. The molecule has 3 aromatic rings. The molecule has 1 amide bonds. The quantitative estimate of drug-likeness (QED) is 0.304. The van der Waals surface area contributed by atoms with E-state index in [1.54, 1.807) is 25.1 Å². The summed E-state index contributed by atoms with van der Waals surface area (Å²) in [6.45, 7) is 4.43. The van der Waals surface area contributed by atoms with Gasteiger partial charge in [0, 0.05) is 18.4 Å². The van der Waals surface area contributed by atoms with Crippen molar-refractivity contribution in [3.63, 3.8) is 0 Å². The number of aryl methyl sites for hydroxylation is 1. The number of methoxy groups -OCH3 is 1. The zero-order chi connectivity index (χ0) is 25.8. The molecule has 36 heavy (non-hydrogen) atoms. The highest BCUT2D eigenvalue weighted by molar-refractivity contribution is 5.83. The van der Waals surface area contributed by atoms with Gasteiger partial charge in [-0.2, -0.15) is 10.4 Å². The van der Waals surface area contributed by atoms with Crippen molar-refractivity contribution in [2.45, 2.75) is 27.1 Å². The zero-order valence-corrected chi connectivity index (χ0v) is 20.5. The topological polar surface area (TPSA) is 115 Å². The Labute approximate surface area is 210 Å². The highest BCUT2D eigenvalue weighted by Crippen LogP contribution is 2.29. The lowest BCUT2D eigenvalue weighted by molar-refractivity contribution is -0.123. The van der Waals surface area contributed by atoms with Crippen LogP contribution in [-0.4, -0.2) is 37.4 Å². The number of nitrogens with one attached hydrogen (secondary N) is 1. The fourth-order valence-electron chi connectivity index (χ4n) is 3.28. The van der Waals surface area contributed by atoms with Crippen LogP contribution in [0.4, 0.5) is 0 Å². The van der Waals surface area contributed by atoms with Crippen LogP contribution in [0.5, 0.6) is 17.4 Å². The van der Waals surface area contributed by atoms with Crippen LogP contribution in [0.2, 0.25) is 0 Å². The molecule has 0 atom stereocenters. The number of nitriles is 1. The predicted octanol–water partition coefficient (Wildman–Crippen LogP) is 3.91. The molecule has 186 valence electrons. The van der Waals surface area contributed by atoms with Crippen LogP contribution in [0.15, 0.2) is 59.7 Å². The number of rotatable bonds is 12. The average Bonchev–Trinajstić information content (AvgIpc) is 2.88. The van der Waals surface area contributed by atoms with Gasteiger partial charge in [-0.05, 0) is 49.2 Å². The summed E-state index contributed by atoms with van der Waals surface area (Å²) >= 11 is 0. The first-order valence-electron chi connectivity index (χ1n) is 11.3. The number of aromatic nitrogens is 1. The van der Waals surface area contributed by atoms with Gasteiger partial charge in [0.25, 0.3) is 5.91 Å². The number of hydrazone groups is 1. The molecule has 0 unspecified atom stereocenters. The Balaban J connectivity index is 1.59. The fourth-order valence-corrected chi connectivity index (χ4v) is 3.28. The number of hydrogen-bond donors (Lipinski definition) is 1. The molecule has 0 radical (unpaired) electrons. The second kappa shape index (κ2) is 13.5. The van der Waals surface area contributed by atoms with Gasteiger partial charge in [-0.1, -0.05) is 30.3 Å². The first kappa shape index (κ1) is 26.2. The number of pyridine rings is 1. The Bertz CT molecular complexity index is 1240. The van der Waals surface area contributed by atoms with E-state index >= 15 is 0 Å². The molecule has 0 spiro atoms. The van der Waals surface area contributed by atoms with Crippen LogP contribution in [0, 0.1) is 18.3 Å². The molecule has 1 N–H and O–H groups in total. The average molecular weight is 489 g/mol. The minimum absolute atomic E-state index is 0.0797. The van der Waals surface area contributed by atoms with Gasteiger partial charge in [0.1, 0.15) is 18.2 Å². The maximum atomic E-state index is 12.2. The van der Waals surface area contributed by atoms with Gasteiger partial charge in [0.15, 0.2) is 18.1 Å². The van der Waals surface area contributed by atoms with E-state index in [0.29, 0.717) is 41.5 Å². The largest absolute Gasteiger partial charge is 0.490 e. The van der Waals surface area contributed by atoms with Crippen LogP contribution in [0.1, 0.15) is 34.9 Å². The van der Waals surface area contributed by atoms with Crippen molar-refractivity contribution in [2.24, 2.45) is 5.10 Å². The maximum Gasteiger partial charge on any atom is 0.278 e. The Morgan fingerprint density at radius 2 is 1.89 bits per heavy atom. The minimum atomic E-state index is -0.500. The number of carbonyl (C=O) groups is 1. The number of ether oxygens (including phenoxy) is 4. The summed E-state index contributed by atoms with van der Waals surface area (Å²) < 4.78 is 22.2. The fraction of sp³-hybridized carbons (Fsp3) is 0.259. The van der Waals surface area contributed by atoms with E-state index in [9.17, 15) is 10.1 Å². The highest BCUT2D eigenvalue weighted by Gasteiger charge is 2.14. The summed E-state index contributed by atoms with van der Waals surface area (Å²) in [7, 11) is 1.53. The lowest BCUT2D eigenvalue weighted by Crippen LogP contribution is -2.25. The Morgan fingerprint density at radius 1 is 1.08 bits per heavy atom. The van der Waals surface area contributed by atoms with E-state index in [1.165, 1.54) is 13.3 Å². The van der Waals surface area contributed by atoms with Crippen LogP contribution in [0.3, 0.4) is 0 Å². The van der Waals surface area contributed by atoms with Gasteiger partial charge in [-0.25, -0.2) is 10.4 Å². The van der Waals surface area contributed by atoms with E-state index in [0.717, 1.165) is 5.56 Å². The van der Waals surface area contributed by atoms with E-state index in [2.05, 4.69) is 21.6 Å². The van der Waals surface area contributed by atoms with Crippen molar-refractivity contribution >= 4 is 12.1 Å². The lowest BCUT2D eigenvalue weighted by atomic mass is 10.1. The third-order valence-corrected chi connectivity index (χ3v) is 4.86. The summed E-state index contributed by atoms with van der Waals surface area (Å²) in [5, 5.41) is 13.4. The molecule has 0 saturated carbocycles. The monoisotopic (exact) mass is 488 g/mol. The number of amides is 1. The van der Waals surface area contributed by atoms with Crippen LogP contribution < -0.4 is 19.6 Å². The predicted molar refractivity (Wildman–Crippen MR) is 134 cm³/mol. The zero-order valence-electron chi connectivity index (χ0n) is 20.5. The van der Waals surface area contributed by atoms with Crippen LogP contribution in [0.25, 0.3) is 0 Å². The maximum absolute atomic E-state index is 12.2. The summed E-state index contributed by atoms with van der Waals surface area (Å²) in [6.07, 6.45) is 1.49. The molecule has 9 heteroatoms. The number of benzene rings is 2. The SMILES string of the molecule is CCOc1cc(/C=N\NC(=O)COc2nc(C)cc(COC)c2C#N)ccc1OCc1ccccc1. The molecule has 0 bridgehead atoms. The Hall–Kier alpha value is -4.42. The van der Waals surface area contributed by atoms with E-state index in [1.807, 2.05) is 43.3 Å². The summed E-state index contributed by atoms with van der Waals surface area (Å²) in [6, 6.07) is 19.0. The number of nitrogens with zero attached hydrogens (tertiary/aromatic N) is 3. The van der Waals surface area contributed by atoms with Crippen molar-refractivity contribution in [3.8, 4) is 23.4 Å². The van der Waals surface area contributed by atoms with Gasteiger partial charge in [-0.15, -0.1) is 0 Å². The molecule has 0 aliphatic heterocycles. The lowest BCUT2D eigenvalue weighted by Gasteiger charge is -2.12. The molecule has 0 fully saturated rings. The molecule has 0 saturated heterocycles. The molecule has 1 heterocycles. The minimum Gasteiger partial charge on any atom is -0.490 e. The molecule has 2 aromatic carbocycles. The smallest absolute Gasteiger partial charge is 0.278 e.